The zero-order valence-electron chi connectivity index (χ0n) is 14.7. The number of carbonyl (C=O) groups is 1. The predicted octanol–water partition coefficient (Wildman–Crippen LogP) is 3.20. The third-order valence-electron chi connectivity index (χ3n) is 3.93. The Hall–Kier alpha value is -2.18. The SMILES string of the molecule is CC(C)(C)c1ccc(NC(=O)CCc2ccc(S(N)(=O)=O)cc2)cc1. The first-order valence-electron chi connectivity index (χ1n) is 8.08. The van der Waals surface area contributed by atoms with Crippen molar-refractivity contribution in [3.63, 3.8) is 0 Å². The molecule has 0 atom stereocenters. The number of primary sulfonamides is 1. The van der Waals surface area contributed by atoms with Crippen LogP contribution in [0.15, 0.2) is 53.4 Å². The minimum absolute atomic E-state index is 0.0691. The van der Waals surface area contributed by atoms with Gasteiger partial charge in [-0.05, 0) is 47.2 Å². The van der Waals surface area contributed by atoms with Crippen LogP contribution in [0.1, 0.15) is 38.3 Å². The standard InChI is InChI=1S/C19H24N2O3S/c1-19(2,3)15-7-9-16(10-8-15)21-18(22)13-6-14-4-11-17(12-5-14)25(20,23)24/h4-5,7-12H,6,13H2,1-3H3,(H,21,22)(H2,20,23,24). The minimum Gasteiger partial charge on any atom is -0.326 e. The van der Waals surface area contributed by atoms with Crippen LogP contribution in [0.3, 0.4) is 0 Å². The van der Waals surface area contributed by atoms with E-state index in [0.717, 1.165) is 11.3 Å². The molecule has 0 aliphatic rings. The van der Waals surface area contributed by atoms with Crippen LogP contribution in [0.25, 0.3) is 0 Å². The number of amides is 1. The van der Waals surface area contributed by atoms with Crippen molar-refractivity contribution in [1.29, 1.82) is 0 Å². The van der Waals surface area contributed by atoms with E-state index < -0.39 is 10.0 Å². The number of anilines is 1. The molecule has 25 heavy (non-hydrogen) atoms. The summed E-state index contributed by atoms with van der Waals surface area (Å²) in [5, 5.41) is 7.93. The lowest BCUT2D eigenvalue weighted by Crippen LogP contribution is -2.14. The van der Waals surface area contributed by atoms with Crippen molar-refractivity contribution in [2.24, 2.45) is 5.14 Å². The summed E-state index contributed by atoms with van der Waals surface area (Å²) < 4.78 is 22.4. The fourth-order valence-corrected chi connectivity index (χ4v) is 2.90. The van der Waals surface area contributed by atoms with Gasteiger partial charge >= 0.3 is 0 Å². The first kappa shape index (κ1) is 19.1. The van der Waals surface area contributed by atoms with Gasteiger partial charge in [-0.1, -0.05) is 45.0 Å². The molecule has 2 aromatic rings. The number of aryl methyl sites for hydroxylation is 1. The largest absolute Gasteiger partial charge is 0.326 e. The van der Waals surface area contributed by atoms with E-state index in [1.807, 2.05) is 24.3 Å². The molecule has 1 amide bonds. The molecule has 0 bridgehead atoms. The van der Waals surface area contributed by atoms with Gasteiger partial charge in [0.15, 0.2) is 0 Å². The van der Waals surface area contributed by atoms with Gasteiger partial charge in [-0.25, -0.2) is 13.6 Å². The molecule has 2 rings (SSSR count). The van der Waals surface area contributed by atoms with E-state index in [2.05, 4.69) is 26.1 Å². The molecular weight excluding hydrogens is 336 g/mol. The third-order valence-corrected chi connectivity index (χ3v) is 4.86. The van der Waals surface area contributed by atoms with Crippen LogP contribution in [-0.4, -0.2) is 14.3 Å². The second-order valence-corrected chi connectivity index (χ2v) is 8.63. The monoisotopic (exact) mass is 360 g/mol. The summed E-state index contributed by atoms with van der Waals surface area (Å²) >= 11 is 0. The van der Waals surface area contributed by atoms with Crippen LogP contribution >= 0.6 is 0 Å². The smallest absolute Gasteiger partial charge is 0.238 e. The average molecular weight is 360 g/mol. The lowest BCUT2D eigenvalue weighted by Gasteiger charge is -2.19. The van der Waals surface area contributed by atoms with Gasteiger partial charge in [0.25, 0.3) is 0 Å². The Morgan fingerprint density at radius 3 is 2.04 bits per heavy atom. The van der Waals surface area contributed by atoms with Crippen LogP contribution in [0, 0.1) is 0 Å². The van der Waals surface area contributed by atoms with Gasteiger partial charge in [-0.2, -0.15) is 0 Å². The zero-order valence-corrected chi connectivity index (χ0v) is 15.6. The normalized spacial score (nSPS) is 12.0. The van der Waals surface area contributed by atoms with Crippen molar-refractivity contribution in [3.05, 3.63) is 59.7 Å². The summed E-state index contributed by atoms with van der Waals surface area (Å²) in [4.78, 5) is 12.1. The van der Waals surface area contributed by atoms with Gasteiger partial charge in [0.05, 0.1) is 4.90 Å². The number of benzene rings is 2. The van der Waals surface area contributed by atoms with Gasteiger partial charge in [-0.15, -0.1) is 0 Å². The molecule has 0 saturated carbocycles. The van der Waals surface area contributed by atoms with Crippen molar-refractivity contribution in [2.75, 3.05) is 5.32 Å². The highest BCUT2D eigenvalue weighted by Gasteiger charge is 2.13. The van der Waals surface area contributed by atoms with E-state index in [0.29, 0.717) is 12.8 Å². The van der Waals surface area contributed by atoms with Gasteiger partial charge < -0.3 is 5.32 Å². The number of carbonyl (C=O) groups excluding carboxylic acids is 1. The fourth-order valence-electron chi connectivity index (χ4n) is 2.38. The van der Waals surface area contributed by atoms with Gasteiger partial charge in [0.1, 0.15) is 0 Å². The lowest BCUT2D eigenvalue weighted by atomic mass is 9.87. The molecule has 134 valence electrons. The molecule has 0 heterocycles. The number of nitrogens with one attached hydrogen (secondary N) is 1. The summed E-state index contributed by atoms with van der Waals surface area (Å²) in [6, 6.07) is 14.1. The number of hydrogen-bond acceptors (Lipinski definition) is 3. The average Bonchev–Trinajstić information content (AvgIpc) is 2.52. The Kier molecular flexibility index (Phi) is 5.65. The minimum atomic E-state index is -3.69. The van der Waals surface area contributed by atoms with Crippen molar-refractivity contribution >= 4 is 21.6 Å². The zero-order chi connectivity index (χ0) is 18.7. The Balaban J connectivity index is 1.90. The van der Waals surface area contributed by atoms with Gasteiger partial charge in [0.2, 0.25) is 15.9 Å². The van der Waals surface area contributed by atoms with Crippen molar-refractivity contribution in [2.45, 2.75) is 43.9 Å². The molecule has 0 aliphatic heterocycles. The summed E-state index contributed by atoms with van der Waals surface area (Å²) in [6.45, 7) is 6.42. The molecule has 0 saturated heterocycles. The van der Waals surface area contributed by atoms with Crippen LogP contribution in [0.4, 0.5) is 5.69 Å². The second-order valence-electron chi connectivity index (χ2n) is 7.06. The molecular formula is C19H24N2O3S. The Morgan fingerprint density at radius 2 is 1.56 bits per heavy atom. The molecule has 0 radical (unpaired) electrons. The maximum absolute atomic E-state index is 12.1. The van der Waals surface area contributed by atoms with E-state index in [4.69, 9.17) is 5.14 Å². The summed E-state index contributed by atoms with van der Waals surface area (Å²) in [5.41, 5.74) is 2.93. The Labute approximate surface area is 149 Å². The van der Waals surface area contributed by atoms with E-state index in [1.165, 1.54) is 17.7 Å². The molecule has 2 aromatic carbocycles. The molecule has 3 N–H and O–H groups in total. The van der Waals surface area contributed by atoms with Crippen LogP contribution in [0.5, 0.6) is 0 Å². The van der Waals surface area contributed by atoms with E-state index >= 15 is 0 Å². The molecule has 0 spiro atoms. The lowest BCUT2D eigenvalue weighted by molar-refractivity contribution is -0.116. The molecule has 6 heteroatoms. The summed E-state index contributed by atoms with van der Waals surface area (Å²) in [7, 11) is -3.69. The maximum atomic E-state index is 12.1. The Bertz CT molecular complexity index is 834. The van der Waals surface area contributed by atoms with Crippen molar-refractivity contribution in [3.8, 4) is 0 Å². The summed E-state index contributed by atoms with van der Waals surface area (Å²) in [5.74, 6) is -0.0842. The topological polar surface area (TPSA) is 89.3 Å². The maximum Gasteiger partial charge on any atom is 0.238 e. The van der Waals surface area contributed by atoms with Gasteiger partial charge in [-0.3, -0.25) is 4.79 Å². The first-order valence-corrected chi connectivity index (χ1v) is 9.62. The molecule has 0 aliphatic carbocycles. The number of nitrogens with two attached hydrogens (primary N) is 1. The summed E-state index contributed by atoms with van der Waals surface area (Å²) in [6.07, 6.45) is 0.840. The molecule has 5 nitrogen and oxygen atoms in total. The molecule has 0 fully saturated rings. The van der Waals surface area contributed by atoms with Crippen molar-refractivity contribution in [1.82, 2.24) is 0 Å². The number of rotatable bonds is 5. The highest BCUT2D eigenvalue weighted by atomic mass is 32.2. The van der Waals surface area contributed by atoms with Crippen LogP contribution in [-0.2, 0) is 26.7 Å². The highest BCUT2D eigenvalue weighted by Crippen LogP contribution is 2.23. The van der Waals surface area contributed by atoms with Gasteiger partial charge in [0, 0.05) is 12.1 Å². The number of sulfonamides is 1. The molecule has 0 aromatic heterocycles. The van der Waals surface area contributed by atoms with E-state index in [9.17, 15) is 13.2 Å². The molecule has 0 unspecified atom stereocenters. The fraction of sp³-hybridized carbons (Fsp3) is 0.316. The third kappa shape index (κ3) is 5.69. The highest BCUT2D eigenvalue weighted by molar-refractivity contribution is 7.89. The van der Waals surface area contributed by atoms with E-state index in [-0.39, 0.29) is 16.2 Å². The van der Waals surface area contributed by atoms with E-state index in [1.54, 1.807) is 12.1 Å². The first-order chi connectivity index (χ1) is 11.6. The van der Waals surface area contributed by atoms with Crippen molar-refractivity contribution < 1.29 is 13.2 Å². The quantitative estimate of drug-likeness (QED) is 0.858. The van der Waals surface area contributed by atoms with Crippen LogP contribution in [0.2, 0.25) is 0 Å². The predicted molar refractivity (Wildman–Crippen MR) is 99.9 cm³/mol. The number of hydrogen-bond donors (Lipinski definition) is 2. The second kappa shape index (κ2) is 7.37. The Morgan fingerprint density at radius 1 is 1.00 bits per heavy atom. The van der Waals surface area contributed by atoms with Crippen LogP contribution < -0.4 is 10.5 Å².